The standard InChI is InChI=1S/C15H20N4OS/c1-8(2)10-5-9(3)11(20-4)6-12(10)21-13-7-18-15(17)19-14(13)16/h5-8H,1-4H3,(H4,16,17,18,19). The van der Waals surface area contributed by atoms with Crippen molar-refractivity contribution in [3.63, 3.8) is 0 Å². The third kappa shape index (κ3) is 3.39. The maximum atomic E-state index is 5.91. The smallest absolute Gasteiger partial charge is 0.221 e. The SMILES string of the molecule is COc1cc(Sc2cnc(N)nc2N)c(C(C)C)cc1C. The van der Waals surface area contributed by atoms with E-state index in [1.807, 2.05) is 13.0 Å². The Labute approximate surface area is 129 Å². The summed E-state index contributed by atoms with van der Waals surface area (Å²) in [6.07, 6.45) is 1.65. The van der Waals surface area contributed by atoms with Gasteiger partial charge in [-0.1, -0.05) is 31.7 Å². The number of anilines is 2. The number of hydrogen-bond donors (Lipinski definition) is 2. The molecule has 0 aliphatic rings. The Balaban J connectivity index is 2.46. The van der Waals surface area contributed by atoms with Crippen molar-refractivity contribution in [2.24, 2.45) is 0 Å². The van der Waals surface area contributed by atoms with Crippen molar-refractivity contribution in [2.75, 3.05) is 18.6 Å². The number of rotatable bonds is 4. The van der Waals surface area contributed by atoms with Gasteiger partial charge >= 0.3 is 0 Å². The van der Waals surface area contributed by atoms with Crippen LogP contribution in [0.5, 0.6) is 5.75 Å². The summed E-state index contributed by atoms with van der Waals surface area (Å²) in [5.41, 5.74) is 13.8. The Kier molecular flexibility index (Phi) is 4.57. The molecule has 0 bridgehead atoms. The summed E-state index contributed by atoms with van der Waals surface area (Å²) >= 11 is 1.53. The van der Waals surface area contributed by atoms with Gasteiger partial charge in [0.15, 0.2) is 0 Å². The maximum Gasteiger partial charge on any atom is 0.221 e. The van der Waals surface area contributed by atoms with Gasteiger partial charge in [0, 0.05) is 11.1 Å². The van der Waals surface area contributed by atoms with Crippen LogP contribution in [0.3, 0.4) is 0 Å². The van der Waals surface area contributed by atoms with E-state index in [9.17, 15) is 0 Å². The van der Waals surface area contributed by atoms with Crippen LogP contribution < -0.4 is 16.2 Å². The minimum atomic E-state index is 0.183. The molecule has 1 aromatic carbocycles. The first-order valence-corrected chi connectivity index (χ1v) is 7.48. The summed E-state index contributed by atoms with van der Waals surface area (Å²) in [4.78, 5) is 9.88. The zero-order valence-corrected chi connectivity index (χ0v) is 13.5. The molecule has 0 spiro atoms. The van der Waals surface area contributed by atoms with Gasteiger partial charge in [-0.3, -0.25) is 0 Å². The molecule has 1 aromatic heterocycles. The molecule has 0 atom stereocenters. The van der Waals surface area contributed by atoms with Crippen LogP contribution >= 0.6 is 11.8 Å². The molecule has 6 heteroatoms. The predicted molar refractivity (Wildman–Crippen MR) is 86.8 cm³/mol. The lowest BCUT2D eigenvalue weighted by atomic mass is 10.0. The molecule has 0 radical (unpaired) electrons. The van der Waals surface area contributed by atoms with E-state index in [0.29, 0.717) is 11.7 Å². The molecular weight excluding hydrogens is 284 g/mol. The first kappa shape index (κ1) is 15.4. The number of aromatic nitrogens is 2. The number of nitrogen functional groups attached to an aromatic ring is 2. The summed E-state index contributed by atoms with van der Waals surface area (Å²) in [5, 5.41) is 0. The average molecular weight is 304 g/mol. The number of methoxy groups -OCH3 is 1. The second kappa shape index (κ2) is 6.22. The minimum absolute atomic E-state index is 0.183. The first-order valence-electron chi connectivity index (χ1n) is 6.66. The fourth-order valence-electron chi connectivity index (χ4n) is 2.05. The topological polar surface area (TPSA) is 87.0 Å². The number of aryl methyl sites for hydroxylation is 1. The number of benzene rings is 1. The molecule has 1 heterocycles. The largest absolute Gasteiger partial charge is 0.496 e. The maximum absolute atomic E-state index is 5.91. The average Bonchev–Trinajstić information content (AvgIpc) is 2.42. The van der Waals surface area contributed by atoms with Gasteiger partial charge in [-0.25, -0.2) is 4.98 Å². The highest BCUT2D eigenvalue weighted by atomic mass is 32.2. The summed E-state index contributed by atoms with van der Waals surface area (Å²) in [5.74, 6) is 1.83. The number of hydrogen-bond acceptors (Lipinski definition) is 6. The lowest BCUT2D eigenvalue weighted by molar-refractivity contribution is 0.410. The second-order valence-corrected chi connectivity index (χ2v) is 6.18. The van der Waals surface area contributed by atoms with Gasteiger partial charge in [-0.15, -0.1) is 0 Å². The molecule has 0 aliphatic heterocycles. The van der Waals surface area contributed by atoms with Crippen LogP contribution in [-0.4, -0.2) is 17.1 Å². The number of nitrogens with two attached hydrogens (primary N) is 2. The lowest BCUT2D eigenvalue weighted by Gasteiger charge is -2.16. The zero-order chi connectivity index (χ0) is 15.6. The fraction of sp³-hybridized carbons (Fsp3) is 0.333. The Morgan fingerprint density at radius 1 is 1.19 bits per heavy atom. The van der Waals surface area contributed by atoms with E-state index in [4.69, 9.17) is 16.2 Å². The van der Waals surface area contributed by atoms with Crippen LogP contribution in [0.1, 0.15) is 30.9 Å². The monoisotopic (exact) mass is 304 g/mol. The van der Waals surface area contributed by atoms with Crippen molar-refractivity contribution in [2.45, 2.75) is 36.5 Å². The van der Waals surface area contributed by atoms with Crippen LogP contribution in [-0.2, 0) is 0 Å². The highest BCUT2D eigenvalue weighted by Crippen LogP contribution is 2.39. The summed E-state index contributed by atoms with van der Waals surface area (Å²) in [7, 11) is 1.67. The van der Waals surface area contributed by atoms with Gasteiger partial charge in [-0.2, -0.15) is 4.98 Å². The third-order valence-electron chi connectivity index (χ3n) is 3.17. The predicted octanol–water partition coefficient (Wildman–Crippen LogP) is 3.23. The Morgan fingerprint density at radius 2 is 1.90 bits per heavy atom. The van der Waals surface area contributed by atoms with E-state index in [0.717, 1.165) is 21.1 Å². The van der Waals surface area contributed by atoms with Crippen molar-refractivity contribution >= 4 is 23.5 Å². The van der Waals surface area contributed by atoms with Crippen LogP contribution in [0.4, 0.5) is 11.8 Å². The van der Waals surface area contributed by atoms with E-state index < -0.39 is 0 Å². The summed E-state index contributed by atoms with van der Waals surface area (Å²) in [6.45, 7) is 6.36. The Hall–Kier alpha value is -1.95. The van der Waals surface area contributed by atoms with Crippen molar-refractivity contribution in [1.29, 1.82) is 0 Å². The van der Waals surface area contributed by atoms with Gasteiger partial charge < -0.3 is 16.2 Å². The molecule has 2 aromatic rings. The van der Waals surface area contributed by atoms with Gasteiger partial charge in [0.25, 0.3) is 0 Å². The molecule has 5 nitrogen and oxygen atoms in total. The molecule has 0 amide bonds. The zero-order valence-electron chi connectivity index (χ0n) is 12.7. The Bertz CT molecular complexity index is 658. The molecule has 0 saturated carbocycles. The number of ether oxygens (including phenoxy) is 1. The van der Waals surface area contributed by atoms with Crippen molar-refractivity contribution < 1.29 is 4.74 Å². The van der Waals surface area contributed by atoms with Crippen molar-refractivity contribution in [3.8, 4) is 5.75 Å². The van der Waals surface area contributed by atoms with Crippen LogP contribution in [0.15, 0.2) is 28.1 Å². The Morgan fingerprint density at radius 3 is 2.48 bits per heavy atom. The third-order valence-corrected chi connectivity index (χ3v) is 4.28. The molecule has 21 heavy (non-hydrogen) atoms. The van der Waals surface area contributed by atoms with Gasteiger partial charge in [0.1, 0.15) is 11.6 Å². The van der Waals surface area contributed by atoms with Crippen LogP contribution in [0.25, 0.3) is 0 Å². The number of nitrogens with zero attached hydrogens (tertiary/aromatic N) is 2. The minimum Gasteiger partial charge on any atom is -0.496 e. The molecular formula is C15H20N4OS. The molecule has 2 rings (SSSR count). The molecule has 0 unspecified atom stereocenters. The lowest BCUT2D eigenvalue weighted by Crippen LogP contribution is -2.01. The van der Waals surface area contributed by atoms with Crippen LogP contribution in [0, 0.1) is 6.92 Å². The molecule has 0 aliphatic carbocycles. The van der Waals surface area contributed by atoms with Crippen LogP contribution in [0.2, 0.25) is 0 Å². The molecule has 0 fully saturated rings. The second-order valence-electron chi connectivity index (χ2n) is 5.09. The van der Waals surface area contributed by atoms with Crippen molar-refractivity contribution in [3.05, 3.63) is 29.5 Å². The van der Waals surface area contributed by atoms with Gasteiger partial charge in [0.2, 0.25) is 5.95 Å². The quantitative estimate of drug-likeness (QED) is 0.901. The summed E-state index contributed by atoms with van der Waals surface area (Å²) < 4.78 is 5.41. The normalized spacial score (nSPS) is 10.9. The molecule has 112 valence electrons. The molecule has 0 saturated heterocycles. The van der Waals surface area contributed by atoms with E-state index in [-0.39, 0.29) is 5.95 Å². The first-order chi connectivity index (χ1) is 9.92. The van der Waals surface area contributed by atoms with E-state index in [1.54, 1.807) is 13.3 Å². The van der Waals surface area contributed by atoms with E-state index in [1.165, 1.54) is 17.3 Å². The summed E-state index contributed by atoms with van der Waals surface area (Å²) in [6, 6.07) is 4.19. The molecule has 4 N–H and O–H groups in total. The highest BCUT2D eigenvalue weighted by molar-refractivity contribution is 7.99. The van der Waals surface area contributed by atoms with E-state index in [2.05, 4.69) is 29.9 Å². The van der Waals surface area contributed by atoms with E-state index >= 15 is 0 Å². The highest BCUT2D eigenvalue weighted by Gasteiger charge is 2.14. The fourth-order valence-corrected chi connectivity index (χ4v) is 3.12. The van der Waals surface area contributed by atoms with Crippen molar-refractivity contribution in [1.82, 2.24) is 9.97 Å². The van der Waals surface area contributed by atoms with Gasteiger partial charge in [-0.05, 0) is 30.0 Å². The van der Waals surface area contributed by atoms with Gasteiger partial charge in [0.05, 0.1) is 12.0 Å².